The molecule has 0 unspecified atom stereocenters. The van der Waals surface area contributed by atoms with E-state index in [0.717, 1.165) is 0 Å². The van der Waals surface area contributed by atoms with Gasteiger partial charge in [-0.3, -0.25) is 4.79 Å². The molecule has 1 aliphatic rings. The second-order valence-electron chi connectivity index (χ2n) is 3.98. The molecule has 0 aromatic heterocycles. The number of ether oxygens (including phenoxy) is 2. The first-order valence-electron chi connectivity index (χ1n) is 5.71. The summed E-state index contributed by atoms with van der Waals surface area (Å²) in [5.41, 5.74) is 0. The summed E-state index contributed by atoms with van der Waals surface area (Å²) in [6.45, 7) is 11.6. The first kappa shape index (κ1) is 14.5. The lowest BCUT2D eigenvalue weighted by molar-refractivity contribution is -0.192. The molecule has 100 valence electrons. The van der Waals surface area contributed by atoms with Crippen molar-refractivity contribution < 1.29 is 19.4 Å². The van der Waals surface area contributed by atoms with Crippen molar-refractivity contribution >= 4 is 5.91 Å². The number of hydrogen-bond donors (Lipinski definition) is 1. The summed E-state index contributed by atoms with van der Waals surface area (Å²) < 4.78 is 10.8. The van der Waals surface area contributed by atoms with E-state index >= 15 is 0 Å². The molecule has 1 amide bonds. The molecule has 0 aliphatic carbocycles. The van der Waals surface area contributed by atoms with Crippen molar-refractivity contribution in [3.8, 4) is 0 Å². The van der Waals surface area contributed by atoms with Gasteiger partial charge in [0.2, 0.25) is 0 Å². The Kier molecular flexibility index (Phi) is 5.12. The van der Waals surface area contributed by atoms with Gasteiger partial charge < -0.3 is 19.5 Å². The van der Waals surface area contributed by atoms with Crippen LogP contribution in [0.5, 0.6) is 0 Å². The van der Waals surface area contributed by atoms with E-state index in [2.05, 4.69) is 19.7 Å². The smallest absolute Gasteiger partial charge is 0.283 e. The van der Waals surface area contributed by atoms with Crippen LogP contribution in [0.3, 0.4) is 0 Å². The summed E-state index contributed by atoms with van der Waals surface area (Å²) in [4.78, 5) is 13.8. The Morgan fingerprint density at radius 2 is 1.94 bits per heavy atom. The molecule has 1 aliphatic heterocycles. The molecule has 1 heterocycles. The highest BCUT2D eigenvalue weighted by Crippen LogP contribution is 2.26. The third-order valence-electron chi connectivity index (χ3n) is 2.50. The number of carbonyl (C=O) groups is 1. The van der Waals surface area contributed by atoms with Gasteiger partial charge in [-0.2, -0.15) is 0 Å². The largest absolute Gasteiger partial charge is 0.511 e. The van der Waals surface area contributed by atoms with Crippen LogP contribution in [0.4, 0.5) is 0 Å². The summed E-state index contributed by atoms with van der Waals surface area (Å²) in [7, 11) is 0. The maximum absolute atomic E-state index is 12.4. The van der Waals surface area contributed by atoms with Crippen LogP contribution in [0.25, 0.3) is 0 Å². The van der Waals surface area contributed by atoms with E-state index in [1.165, 1.54) is 4.90 Å². The number of nitrogens with zero attached hydrogens (tertiary/aromatic N) is 1. The fourth-order valence-corrected chi connectivity index (χ4v) is 1.81. The Morgan fingerprint density at radius 3 is 2.39 bits per heavy atom. The van der Waals surface area contributed by atoms with Crippen molar-refractivity contribution in [1.82, 2.24) is 4.90 Å². The van der Waals surface area contributed by atoms with Crippen LogP contribution in [0.15, 0.2) is 37.6 Å². The topological polar surface area (TPSA) is 59.0 Å². The first-order chi connectivity index (χ1) is 8.55. The number of rotatable bonds is 7. The molecule has 0 radical (unpaired) electrons. The maximum atomic E-state index is 12.4. The molecule has 0 aromatic rings. The van der Waals surface area contributed by atoms with Gasteiger partial charge >= 0.3 is 0 Å². The van der Waals surface area contributed by atoms with Crippen LogP contribution in [-0.4, -0.2) is 48.0 Å². The van der Waals surface area contributed by atoms with Gasteiger partial charge in [-0.25, -0.2) is 0 Å². The van der Waals surface area contributed by atoms with Gasteiger partial charge in [-0.05, 0) is 0 Å². The standard InChI is InChI=1S/C13H19NO4/c1-4-6-13(17-8-9-18-13)12(16)14(7-5-2)10-11(3)15/h4-5,15H,1-3,6-10H2. The second kappa shape index (κ2) is 6.37. The van der Waals surface area contributed by atoms with Crippen LogP contribution in [0, 0.1) is 0 Å². The van der Waals surface area contributed by atoms with Crippen LogP contribution in [0.2, 0.25) is 0 Å². The van der Waals surface area contributed by atoms with Gasteiger partial charge in [0.05, 0.1) is 19.8 Å². The Labute approximate surface area is 107 Å². The van der Waals surface area contributed by atoms with Crippen molar-refractivity contribution in [3.05, 3.63) is 37.6 Å². The molecular formula is C13H19NO4. The van der Waals surface area contributed by atoms with Gasteiger partial charge in [0.25, 0.3) is 11.7 Å². The van der Waals surface area contributed by atoms with Crippen molar-refractivity contribution in [3.63, 3.8) is 0 Å². The van der Waals surface area contributed by atoms with E-state index in [-0.39, 0.29) is 31.2 Å². The third-order valence-corrected chi connectivity index (χ3v) is 2.50. The lowest BCUT2D eigenvalue weighted by Crippen LogP contribution is -2.50. The fourth-order valence-electron chi connectivity index (χ4n) is 1.81. The van der Waals surface area contributed by atoms with E-state index in [1.54, 1.807) is 12.2 Å². The molecule has 0 spiro atoms. The molecule has 1 saturated heterocycles. The SMILES string of the molecule is C=CCN(CC(=C)O)C(=O)C1(CC=C)OCCO1. The molecule has 0 atom stereocenters. The van der Waals surface area contributed by atoms with Gasteiger partial charge in [0, 0.05) is 13.0 Å². The highest BCUT2D eigenvalue weighted by Gasteiger charge is 2.45. The monoisotopic (exact) mass is 253 g/mol. The maximum Gasteiger partial charge on any atom is 0.283 e. The van der Waals surface area contributed by atoms with Gasteiger partial charge in [0.15, 0.2) is 0 Å². The van der Waals surface area contributed by atoms with Crippen molar-refractivity contribution in [2.75, 3.05) is 26.3 Å². The molecule has 1 fully saturated rings. The van der Waals surface area contributed by atoms with Crippen LogP contribution < -0.4 is 0 Å². The number of hydrogen-bond acceptors (Lipinski definition) is 4. The molecule has 0 bridgehead atoms. The normalized spacial score (nSPS) is 17.1. The summed E-state index contributed by atoms with van der Waals surface area (Å²) in [6, 6.07) is 0. The lowest BCUT2D eigenvalue weighted by atomic mass is 10.1. The summed E-state index contributed by atoms with van der Waals surface area (Å²) in [5, 5.41) is 9.23. The Bertz CT molecular complexity index is 345. The van der Waals surface area contributed by atoms with Crippen LogP contribution in [-0.2, 0) is 14.3 Å². The Morgan fingerprint density at radius 1 is 1.33 bits per heavy atom. The predicted octanol–water partition coefficient (Wildman–Crippen LogP) is 1.39. The lowest BCUT2D eigenvalue weighted by Gasteiger charge is -2.31. The summed E-state index contributed by atoms with van der Waals surface area (Å²) in [5.74, 6) is -1.77. The van der Waals surface area contributed by atoms with Crippen molar-refractivity contribution in [2.24, 2.45) is 0 Å². The molecule has 1 N–H and O–H groups in total. The van der Waals surface area contributed by atoms with E-state index < -0.39 is 5.79 Å². The molecule has 18 heavy (non-hydrogen) atoms. The van der Waals surface area contributed by atoms with Gasteiger partial charge in [0.1, 0.15) is 5.76 Å². The number of aliphatic hydroxyl groups is 1. The van der Waals surface area contributed by atoms with Gasteiger partial charge in [-0.1, -0.05) is 18.7 Å². The zero-order chi connectivity index (χ0) is 13.6. The molecule has 0 saturated carbocycles. The Balaban J connectivity index is 2.87. The van der Waals surface area contributed by atoms with E-state index in [4.69, 9.17) is 9.47 Å². The molecule has 0 aromatic carbocycles. The van der Waals surface area contributed by atoms with E-state index in [0.29, 0.717) is 13.2 Å². The zero-order valence-electron chi connectivity index (χ0n) is 10.4. The van der Waals surface area contributed by atoms with E-state index in [9.17, 15) is 9.90 Å². The van der Waals surface area contributed by atoms with Gasteiger partial charge in [-0.15, -0.1) is 13.2 Å². The number of carbonyl (C=O) groups excluding carboxylic acids is 1. The quantitative estimate of drug-likeness (QED) is 0.550. The van der Waals surface area contributed by atoms with Crippen molar-refractivity contribution in [2.45, 2.75) is 12.2 Å². The fraction of sp³-hybridized carbons (Fsp3) is 0.462. The minimum Gasteiger partial charge on any atom is -0.511 e. The average molecular weight is 253 g/mol. The molecule has 5 heteroatoms. The number of amides is 1. The van der Waals surface area contributed by atoms with E-state index in [1.807, 2.05) is 0 Å². The second-order valence-corrected chi connectivity index (χ2v) is 3.98. The highest BCUT2D eigenvalue weighted by atomic mass is 16.7. The zero-order valence-corrected chi connectivity index (χ0v) is 10.4. The number of aliphatic hydroxyl groups excluding tert-OH is 1. The third kappa shape index (κ3) is 3.21. The molecular weight excluding hydrogens is 234 g/mol. The predicted molar refractivity (Wildman–Crippen MR) is 68.0 cm³/mol. The average Bonchev–Trinajstić information content (AvgIpc) is 2.77. The van der Waals surface area contributed by atoms with Crippen LogP contribution in [0.1, 0.15) is 6.42 Å². The molecule has 5 nitrogen and oxygen atoms in total. The highest BCUT2D eigenvalue weighted by molar-refractivity contribution is 5.84. The molecule has 1 rings (SSSR count). The minimum atomic E-state index is -1.32. The van der Waals surface area contributed by atoms with Crippen molar-refractivity contribution in [1.29, 1.82) is 0 Å². The van der Waals surface area contributed by atoms with Crippen LogP contribution >= 0.6 is 0 Å². The Hall–Kier alpha value is -1.59. The minimum absolute atomic E-state index is 0.0243. The summed E-state index contributed by atoms with van der Waals surface area (Å²) >= 11 is 0. The first-order valence-corrected chi connectivity index (χ1v) is 5.71. The summed E-state index contributed by atoms with van der Waals surface area (Å²) in [6.07, 6.45) is 3.40.